The highest BCUT2D eigenvalue weighted by molar-refractivity contribution is 7.92. The van der Waals surface area contributed by atoms with Crippen molar-refractivity contribution in [3.63, 3.8) is 0 Å². The minimum atomic E-state index is -5.62. The number of allylic oxidation sites excluding steroid dienone is 1. The fourth-order valence-electron chi connectivity index (χ4n) is 5.33. The molecule has 1 heterocycles. The molecule has 2 amide bonds. The van der Waals surface area contributed by atoms with Crippen LogP contribution in [0.4, 0.5) is 23.2 Å². The van der Waals surface area contributed by atoms with Crippen molar-refractivity contribution in [3.8, 4) is 17.0 Å². The first-order chi connectivity index (χ1) is 19.4. The van der Waals surface area contributed by atoms with Gasteiger partial charge in [0.1, 0.15) is 11.6 Å². The van der Waals surface area contributed by atoms with E-state index in [4.69, 9.17) is 4.74 Å². The molecule has 0 saturated heterocycles. The maximum absolute atomic E-state index is 14.8. The van der Waals surface area contributed by atoms with Gasteiger partial charge < -0.3 is 15.4 Å². The number of aromatic nitrogens is 1. The summed E-state index contributed by atoms with van der Waals surface area (Å²) in [6.45, 7) is 0. The Morgan fingerprint density at radius 1 is 1.02 bits per heavy atom. The van der Waals surface area contributed by atoms with E-state index < -0.39 is 49.8 Å². The Morgan fingerprint density at radius 3 is 2.46 bits per heavy atom. The number of amides is 2. The molecule has 214 valence electrons. The number of rotatable bonds is 7. The minimum Gasteiger partial charge on any atom is -0.496 e. The summed E-state index contributed by atoms with van der Waals surface area (Å²) in [5.41, 5.74) is -5.25. The van der Waals surface area contributed by atoms with Gasteiger partial charge in [0, 0.05) is 29.6 Å². The summed E-state index contributed by atoms with van der Waals surface area (Å²) in [5, 5.41) is 5.35. The first-order valence-corrected chi connectivity index (χ1v) is 13.9. The van der Waals surface area contributed by atoms with Crippen LogP contribution in [0.2, 0.25) is 0 Å². The molecule has 1 aromatic heterocycles. The fraction of sp³-hybridized carbons (Fsp3) is 0.250. The topological polar surface area (TPSA) is 114 Å². The normalized spacial score (nSPS) is 21.5. The average Bonchev–Trinajstić information content (AvgIpc) is 3.55. The molecule has 0 aliphatic heterocycles. The Bertz CT molecular complexity index is 1640. The maximum Gasteiger partial charge on any atom is 0.501 e. The van der Waals surface area contributed by atoms with E-state index in [1.807, 2.05) is 12.2 Å². The van der Waals surface area contributed by atoms with Crippen molar-refractivity contribution in [1.29, 1.82) is 0 Å². The van der Waals surface area contributed by atoms with Gasteiger partial charge in [-0.2, -0.15) is 13.2 Å². The van der Waals surface area contributed by atoms with Crippen LogP contribution in [-0.2, 0) is 14.6 Å². The highest BCUT2D eigenvalue weighted by Gasteiger charge is 2.49. The van der Waals surface area contributed by atoms with Gasteiger partial charge in [-0.25, -0.2) is 12.8 Å². The molecule has 8 nitrogen and oxygen atoms in total. The van der Waals surface area contributed by atoms with Gasteiger partial charge in [0.15, 0.2) is 0 Å². The van der Waals surface area contributed by atoms with E-state index in [2.05, 4.69) is 15.6 Å². The van der Waals surface area contributed by atoms with Crippen LogP contribution in [0.1, 0.15) is 16.8 Å². The number of pyridine rings is 1. The number of carbonyl (C=O) groups excluding carboxylic acids is 2. The van der Waals surface area contributed by atoms with Crippen LogP contribution in [-0.4, -0.2) is 43.9 Å². The summed E-state index contributed by atoms with van der Waals surface area (Å²) in [7, 11) is -4.33. The molecule has 3 aromatic rings. The summed E-state index contributed by atoms with van der Waals surface area (Å²) in [5.74, 6) is -3.19. The molecule has 2 aliphatic rings. The van der Waals surface area contributed by atoms with Crippen LogP contribution in [0.25, 0.3) is 11.3 Å². The molecule has 1 saturated carbocycles. The number of fused-ring (bicyclic) bond motifs is 2. The molecule has 0 spiro atoms. The minimum absolute atomic E-state index is 0.0190. The lowest BCUT2D eigenvalue weighted by atomic mass is 9.87. The molecule has 13 heteroatoms. The van der Waals surface area contributed by atoms with Crippen molar-refractivity contribution in [3.05, 3.63) is 84.3 Å². The van der Waals surface area contributed by atoms with Gasteiger partial charge in [0.25, 0.3) is 15.7 Å². The molecule has 5 rings (SSSR count). The first kappa shape index (κ1) is 28.3. The molecule has 2 bridgehead atoms. The van der Waals surface area contributed by atoms with Crippen LogP contribution in [0, 0.1) is 23.6 Å². The zero-order chi connectivity index (χ0) is 29.5. The smallest absolute Gasteiger partial charge is 0.496 e. The fourth-order valence-corrected chi connectivity index (χ4v) is 6.13. The molecule has 2 aliphatic carbocycles. The lowest BCUT2D eigenvalue weighted by molar-refractivity contribution is -0.121. The van der Waals surface area contributed by atoms with Gasteiger partial charge in [-0.1, -0.05) is 24.3 Å². The number of sulfone groups is 1. The van der Waals surface area contributed by atoms with Gasteiger partial charge in [-0.3, -0.25) is 14.6 Å². The summed E-state index contributed by atoms with van der Waals surface area (Å²) in [4.78, 5) is 29.9. The Balaban J connectivity index is 1.40. The van der Waals surface area contributed by atoms with Crippen molar-refractivity contribution in [2.45, 2.75) is 22.9 Å². The highest BCUT2D eigenvalue weighted by atomic mass is 32.2. The van der Waals surface area contributed by atoms with Gasteiger partial charge in [-0.05, 0) is 54.7 Å². The number of halogens is 4. The number of hydrogen-bond donors (Lipinski definition) is 2. The monoisotopic (exact) mass is 589 g/mol. The van der Waals surface area contributed by atoms with Crippen molar-refractivity contribution >= 4 is 27.3 Å². The van der Waals surface area contributed by atoms with Gasteiger partial charge in [0.2, 0.25) is 5.91 Å². The number of methoxy groups -OCH3 is 1. The van der Waals surface area contributed by atoms with Crippen molar-refractivity contribution in [2.75, 3.05) is 12.4 Å². The van der Waals surface area contributed by atoms with Gasteiger partial charge >= 0.3 is 5.51 Å². The van der Waals surface area contributed by atoms with Crippen LogP contribution in [0.3, 0.4) is 0 Å². The molecule has 2 aromatic carbocycles. The number of benzene rings is 2. The second-order valence-corrected chi connectivity index (χ2v) is 11.6. The number of carbonyl (C=O) groups is 2. The molecule has 0 unspecified atom stereocenters. The summed E-state index contributed by atoms with van der Waals surface area (Å²) in [6.07, 6.45) is 5.74. The third kappa shape index (κ3) is 5.29. The number of nitrogens with zero attached hydrogens (tertiary/aromatic N) is 1. The zero-order valence-corrected chi connectivity index (χ0v) is 22.2. The van der Waals surface area contributed by atoms with E-state index in [1.54, 1.807) is 18.2 Å². The number of alkyl halides is 3. The third-order valence-corrected chi connectivity index (χ3v) is 8.73. The number of hydrogen-bond acceptors (Lipinski definition) is 6. The molecular weight excluding hydrogens is 566 g/mol. The Morgan fingerprint density at radius 2 is 1.78 bits per heavy atom. The predicted molar refractivity (Wildman–Crippen MR) is 140 cm³/mol. The van der Waals surface area contributed by atoms with Gasteiger partial charge in [0.05, 0.1) is 29.2 Å². The van der Waals surface area contributed by atoms with Crippen LogP contribution < -0.4 is 15.4 Å². The largest absolute Gasteiger partial charge is 0.501 e. The van der Waals surface area contributed by atoms with E-state index >= 15 is 0 Å². The quantitative estimate of drug-likeness (QED) is 0.304. The Labute approximate surface area is 232 Å². The zero-order valence-electron chi connectivity index (χ0n) is 21.4. The average molecular weight is 590 g/mol. The van der Waals surface area contributed by atoms with E-state index in [1.165, 1.54) is 25.4 Å². The molecule has 2 N–H and O–H groups in total. The van der Waals surface area contributed by atoms with Crippen molar-refractivity contribution in [2.24, 2.45) is 17.8 Å². The molecule has 1 fully saturated rings. The number of ether oxygens (including phenoxy) is 1. The predicted octanol–water partition coefficient (Wildman–Crippen LogP) is 4.75. The Kier molecular flexibility index (Phi) is 7.32. The lowest BCUT2D eigenvalue weighted by Gasteiger charge is -2.28. The van der Waals surface area contributed by atoms with Crippen molar-refractivity contribution in [1.82, 2.24) is 10.3 Å². The summed E-state index contributed by atoms with van der Waals surface area (Å²) < 4.78 is 82.7. The van der Waals surface area contributed by atoms with E-state index in [0.29, 0.717) is 12.1 Å². The van der Waals surface area contributed by atoms with E-state index in [9.17, 15) is 35.6 Å². The van der Waals surface area contributed by atoms with Crippen LogP contribution in [0.15, 0.2) is 77.8 Å². The summed E-state index contributed by atoms with van der Waals surface area (Å²) >= 11 is 0. The van der Waals surface area contributed by atoms with E-state index in [-0.39, 0.29) is 34.4 Å². The second-order valence-electron chi connectivity index (χ2n) is 9.69. The number of nitrogens with one attached hydrogen (secondary N) is 2. The SMILES string of the molecule is COc1cc(F)c(-c2ccccn2)cc1C(=O)N[C@H]1[C@@H](C(=O)Nc2cccc(S(=O)(=O)C(F)(F)F)c2)[C@@H]2C=C[C@H]1C2. The Hall–Kier alpha value is -4.26. The van der Waals surface area contributed by atoms with Gasteiger partial charge in [-0.15, -0.1) is 0 Å². The van der Waals surface area contributed by atoms with Crippen LogP contribution >= 0.6 is 0 Å². The molecule has 4 atom stereocenters. The molecular formula is C28H23F4N3O5S. The standard InChI is InChI=1S/C28H23F4N3O5S/c1-40-23-14-21(29)19(22-7-2-3-10-33-22)13-20(23)26(36)35-25-16-9-8-15(11-16)24(25)27(37)34-17-5-4-6-18(12-17)41(38,39)28(30,31)32/h2-10,12-16,24-25H,11H2,1H3,(H,34,37)(H,35,36)/t15-,16+,24+,25-/m1/s1. The first-order valence-electron chi connectivity index (χ1n) is 12.4. The number of anilines is 1. The third-order valence-electron chi connectivity index (χ3n) is 7.25. The maximum atomic E-state index is 14.8. The van der Waals surface area contributed by atoms with E-state index in [0.717, 1.165) is 24.3 Å². The molecule has 0 radical (unpaired) electrons. The van der Waals surface area contributed by atoms with Crippen molar-refractivity contribution < 1.29 is 40.3 Å². The second kappa shape index (κ2) is 10.6. The summed E-state index contributed by atoms with van der Waals surface area (Å²) in [6, 6.07) is 10.5. The lowest BCUT2D eigenvalue weighted by Crippen LogP contribution is -2.47. The van der Waals surface area contributed by atoms with Crippen LogP contribution in [0.5, 0.6) is 5.75 Å². The highest BCUT2D eigenvalue weighted by Crippen LogP contribution is 2.44. The molecule has 41 heavy (non-hydrogen) atoms.